The highest BCUT2D eigenvalue weighted by atomic mass is 16.2. The maximum Gasteiger partial charge on any atom is 0.245 e. The molecule has 5 nitrogen and oxygen atoms in total. The van der Waals surface area contributed by atoms with Crippen LogP contribution in [0.5, 0.6) is 0 Å². The lowest BCUT2D eigenvalue weighted by Crippen LogP contribution is -2.52. The van der Waals surface area contributed by atoms with Gasteiger partial charge in [0.15, 0.2) is 0 Å². The molecule has 1 N–H and O–H groups in total. The summed E-state index contributed by atoms with van der Waals surface area (Å²) in [6, 6.07) is -0.192. The first kappa shape index (κ1) is 13.9. The predicted molar refractivity (Wildman–Crippen MR) is 76.1 cm³/mol. The van der Waals surface area contributed by atoms with Crippen LogP contribution in [0.15, 0.2) is 0 Å². The van der Waals surface area contributed by atoms with Crippen molar-refractivity contribution in [1.29, 1.82) is 0 Å². The number of hydrogen-bond acceptors (Lipinski definition) is 3. The fourth-order valence-electron chi connectivity index (χ4n) is 3.94. The smallest absolute Gasteiger partial charge is 0.245 e. The molecule has 20 heavy (non-hydrogen) atoms. The van der Waals surface area contributed by atoms with E-state index in [0.717, 1.165) is 52.0 Å². The monoisotopic (exact) mass is 279 g/mol. The van der Waals surface area contributed by atoms with E-state index < -0.39 is 0 Å². The molecule has 3 aliphatic rings. The largest absolute Gasteiger partial charge is 0.340 e. The van der Waals surface area contributed by atoms with Crippen molar-refractivity contribution in [3.63, 3.8) is 0 Å². The summed E-state index contributed by atoms with van der Waals surface area (Å²) in [5.74, 6) is 1.57. The van der Waals surface area contributed by atoms with Gasteiger partial charge in [-0.25, -0.2) is 0 Å². The molecule has 3 atom stereocenters. The van der Waals surface area contributed by atoms with Gasteiger partial charge in [0.1, 0.15) is 6.04 Å². The maximum atomic E-state index is 12.8. The number of rotatable bonds is 2. The maximum absolute atomic E-state index is 12.8. The zero-order chi connectivity index (χ0) is 14.1. The van der Waals surface area contributed by atoms with Crippen LogP contribution in [0.1, 0.15) is 32.6 Å². The van der Waals surface area contributed by atoms with E-state index >= 15 is 0 Å². The molecule has 0 aromatic carbocycles. The number of nitrogens with one attached hydrogen (secondary N) is 1. The van der Waals surface area contributed by atoms with E-state index in [4.69, 9.17) is 0 Å². The quantitative estimate of drug-likeness (QED) is 0.799. The van der Waals surface area contributed by atoms with Gasteiger partial charge < -0.3 is 15.1 Å². The summed E-state index contributed by atoms with van der Waals surface area (Å²) in [7, 11) is 0. The number of piperidine rings is 1. The van der Waals surface area contributed by atoms with Crippen molar-refractivity contribution in [3.8, 4) is 0 Å². The van der Waals surface area contributed by atoms with Gasteiger partial charge in [-0.2, -0.15) is 0 Å². The molecule has 3 heterocycles. The number of carbonyl (C=O) groups excluding carboxylic acids is 2. The molecule has 0 bridgehead atoms. The van der Waals surface area contributed by atoms with Gasteiger partial charge in [-0.05, 0) is 31.1 Å². The summed E-state index contributed by atoms with van der Waals surface area (Å²) >= 11 is 0. The van der Waals surface area contributed by atoms with Crippen molar-refractivity contribution < 1.29 is 9.59 Å². The van der Waals surface area contributed by atoms with Gasteiger partial charge >= 0.3 is 0 Å². The lowest BCUT2D eigenvalue weighted by atomic mass is 10.0. The van der Waals surface area contributed by atoms with Gasteiger partial charge in [0.05, 0.1) is 0 Å². The minimum absolute atomic E-state index is 0.129. The fraction of sp³-hybridized carbons (Fsp3) is 0.867. The lowest BCUT2D eigenvalue weighted by Gasteiger charge is -2.37. The molecular weight excluding hydrogens is 254 g/mol. The van der Waals surface area contributed by atoms with Crippen LogP contribution in [0.3, 0.4) is 0 Å². The standard InChI is InChI=1S/C15H25N3O2/c1-2-14(19)18-6-4-3-5-13(18)15(20)17-9-11-7-16-8-12(11)10-17/h11-13,16H,2-10H2,1H3/t11-,12+,13?. The Hall–Kier alpha value is -1.10. The summed E-state index contributed by atoms with van der Waals surface area (Å²) in [4.78, 5) is 28.7. The van der Waals surface area contributed by atoms with E-state index in [-0.39, 0.29) is 17.9 Å². The van der Waals surface area contributed by atoms with Crippen molar-refractivity contribution in [2.75, 3.05) is 32.7 Å². The SMILES string of the molecule is CCC(=O)N1CCCCC1C(=O)N1C[C@H]2CNC[C@H]2C1. The van der Waals surface area contributed by atoms with Gasteiger partial charge in [-0.15, -0.1) is 0 Å². The fourth-order valence-corrected chi connectivity index (χ4v) is 3.94. The van der Waals surface area contributed by atoms with E-state index in [1.54, 1.807) is 0 Å². The van der Waals surface area contributed by atoms with Gasteiger partial charge in [0, 0.05) is 39.1 Å². The highest BCUT2D eigenvalue weighted by Gasteiger charge is 2.42. The number of fused-ring (bicyclic) bond motifs is 1. The molecular formula is C15H25N3O2. The van der Waals surface area contributed by atoms with E-state index in [0.29, 0.717) is 18.3 Å². The molecule has 0 radical (unpaired) electrons. The molecule has 1 unspecified atom stereocenters. The first-order valence-electron chi connectivity index (χ1n) is 7.99. The molecule has 0 saturated carbocycles. The van der Waals surface area contributed by atoms with Crippen LogP contribution in [-0.2, 0) is 9.59 Å². The Morgan fingerprint density at radius 1 is 1.15 bits per heavy atom. The zero-order valence-corrected chi connectivity index (χ0v) is 12.3. The third kappa shape index (κ3) is 2.43. The molecule has 0 spiro atoms. The van der Waals surface area contributed by atoms with Gasteiger partial charge in [-0.3, -0.25) is 9.59 Å². The highest BCUT2D eigenvalue weighted by molar-refractivity contribution is 5.88. The topological polar surface area (TPSA) is 52.7 Å². The summed E-state index contributed by atoms with van der Waals surface area (Å²) < 4.78 is 0. The van der Waals surface area contributed by atoms with E-state index in [1.165, 1.54) is 0 Å². The van der Waals surface area contributed by atoms with Crippen molar-refractivity contribution >= 4 is 11.8 Å². The van der Waals surface area contributed by atoms with E-state index in [1.807, 2.05) is 16.7 Å². The van der Waals surface area contributed by atoms with Crippen LogP contribution >= 0.6 is 0 Å². The second-order valence-corrected chi connectivity index (χ2v) is 6.37. The van der Waals surface area contributed by atoms with Crippen molar-refractivity contribution in [1.82, 2.24) is 15.1 Å². The molecule has 112 valence electrons. The molecule has 0 aromatic rings. The molecule has 5 heteroatoms. The Morgan fingerprint density at radius 3 is 2.50 bits per heavy atom. The first-order chi connectivity index (χ1) is 9.70. The lowest BCUT2D eigenvalue weighted by molar-refractivity contribution is -0.147. The molecule has 3 fully saturated rings. The average molecular weight is 279 g/mol. The summed E-state index contributed by atoms with van der Waals surface area (Å²) in [6.45, 7) is 6.46. The summed E-state index contributed by atoms with van der Waals surface area (Å²) in [5, 5.41) is 3.40. The molecule has 2 amide bonds. The van der Waals surface area contributed by atoms with Crippen molar-refractivity contribution in [2.45, 2.75) is 38.6 Å². The minimum Gasteiger partial charge on any atom is -0.340 e. The summed E-state index contributed by atoms with van der Waals surface area (Å²) in [5.41, 5.74) is 0. The normalized spacial score (nSPS) is 33.4. The Morgan fingerprint density at radius 2 is 1.85 bits per heavy atom. The first-order valence-corrected chi connectivity index (χ1v) is 7.99. The highest BCUT2D eigenvalue weighted by Crippen LogP contribution is 2.29. The van der Waals surface area contributed by atoms with Crippen LogP contribution < -0.4 is 5.32 Å². The second kappa shape index (κ2) is 5.72. The number of amides is 2. The molecule has 0 aliphatic carbocycles. The van der Waals surface area contributed by atoms with Crippen LogP contribution in [0, 0.1) is 11.8 Å². The van der Waals surface area contributed by atoms with Gasteiger partial charge in [0.2, 0.25) is 11.8 Å². The second-order valence-electron chi connectivity index (χ2n) is 6.37. The number of nitrogens with zero attached hydrogens (tertiary/aromatic N) is 2. The third-order valence-corrected chi connectivity index (χ3v) is 5.11. The van der Waals surface area contributed by atoms with Crippen molar-refractivity contribution in [2.24, 2.45) is 11.8 Å². The molecule has 0 aromatic heterocycles. The van der Waals surface area contributed by atoms with Crippen LogP contribution in [0.2, 0.25) is 0 Å². The molecule has 3 saturated heterocycles. The summed E-state index contributed by atoms with van der Waals surface area (Å²) in [6.07, 6.45) is 3.43. The van der Waals surface area contributed by atoms with E-state index in [9.17, 15) is 9.59 Å². The van der Waals surface area contributed by atoms with Gasteiger partial charge in [0.25, 0.3) is 0 Å². The Balaban J connectivity index is 1.67. The number of hydrogen-bond donors (Lipinski definition) is 1. The third-order valence-electron chi connectivity index (χ3n) is 5.11. The zero-order valence-electron chi connectivity index (χ0n) is 12.3. The predicted octanol–water partition coefficient (Wildman–Crippen LogP) is 0.455. The van der Waals surface area contributed by atoms with Crippen LogP contribution in [0.25, 0.3) is 0 Å². The molecule has 3 rings (SSSR count). The van der Waals surface area contributed by atoms with Crippen LogP contribution in [0.4, 0.5) is 0 Å². The van der Waals surface area contributed by atoms with E-state index in [2.05, 4.69) is 5.32 Å². The Bertz CT molecular complexity index is 387. The van der Waals surface area contributed by atoms with Gasteiger partial charge in [-0.1, -0.05) is 6.92 Å². The number of likely N-dealkylation sites (tertiary alicyclic amines) is 2. The van der Waals surface area contributed by atoms with Crippen molar-refractivity contribution in [3.05, 3.63) is 0 Å². The number of carbonyl (C=O) groups is 2. The molecule has 3 aliphatic heterocycles. The minimum atomic E-state index is -0.192. The average Bonchev–Trinajstić information content (AvgIpc) is 3.07. The Kier molecular flexibility index (Phi) is 3.96. The Labute approximate surface area is 120 Å². The van der Waals surface area contributed by atoms with Crippen LogP contribution in [-0.4, -0.2) is 60.4 Å².